The molecule has 1 unspecified atom stereocenters. The Kier molecular flexibility index (Phi) is 5.08. The molecular weight excluding hydrogens is 375 g/mol. The smallest absolute Gasteiger partial charge is 0.416 e. The molecule has 0 saturated carbocycles. The lowest BCUT2D eigenvalue weighted by atomic mass is 10.2. The van der Waals surface area contributed by atoms with Gasteiger partial charge in [-0.2, -0.15) is 18.3 Å². The van der Waals surface area contributed by atoms with Gasteiger partial charge < -0.3 is 10.1 Å². The van der Waals surface area contributed by atoms with Gasteiger partial charge in [0.1, 0.15) is 0 Å². The molecule has 9 heteroatoms. The number of carbonyl (C=O) groups excluding carboxylic acids is 2. The zero-order valence-corrected chi connectivity index (χ0v) is 14.9. The van der Waals surface area contributed by atoms with E-state index < -0.39 is 29.7 Å². The SMILES string of the molecule is CC(OC(=O)c1c2ccccc2nn1C)C(=O)Nc1cccc(C(F)(F)F)c1. The van der Waals surface area contributed by atoms with E-state index in [2.05, 4.69) is 10.4 Å². The number of amides is 1. The van der Waals surface area contributed by atoms with Crippen LogP contribution in [0.2, 0.25) is 0 Å². The molecule has 3 aromatic rings. The van der Waals surface area contributed by atoms with E-state index in [-0.39, 0.29) is 11.4 Å². The molecule has 1 amide bonds. The summed E-state index contributed by atoms with van der Waals surface area (Å²) in [5.41, 5.74) is -0.169. The van der Waals surface area contributed by atoms with Crippen LogP contribution in [0.3, 0.4) is 0 Å². The first-order valence-electron chi connectivity index (χ1n) is 8.27. The Balaban J connectivity index is 1.72. The molecule has 0 spiro atoms. The van der Waals surface area contributed by atoms with E-state index in [1.54, 1.807) is 31.3 Å². The zero-order valence-electron chi connectivity index (χ0n) is 14.9. The number of halogens is 3. The average Bonchev–Trinajstić information content (AvgIpc) is 2.96. The summed E-state index contributed by atoms with van der Waals surface area (Å²) in [5, 5.41) is 7.08. The highest BCUT2D eigenvalue weighted by Gasteiger charge is 2.31. The van der Waals surface area contributed by atoms with Gasteiger partial charge in [-0.15, -0.1) is 0 Å². The van der Waals surface area contributed by atoms with Gasteiger partial charge in [-0.05, 0) is 31.2 Å². The second-order valence-corrected chi connectivity index (χ2v) is 6.10. The number of ether oxygens (including phenoxy) is 1. The lowest BCUT2D eigenvalue weighted by molar-refractivity contribution is -0.137. The lowest BCUT2D eigenvalue weighted by Crippen LogP contribution is -2.30. The van der Waals surface area contributed by atoms with Gasteiger partial charge in [-0.3, -0.25) is 9.48 Å². The average molecular weight is 391 g/mol. The standard InChI is InChI=1S/C19H16F3N3O3/c1-11(17(26)23-13-7-5-6-12(10-13)19(20,21)22)28-18(27)16-14-8-3-4-9-15(14)24-25(16)2/h3-11H,1-2H3,(H,23,26). The molecule has 0 fully saturated rings. The minimum absolute atomic E-state index is 0.0475. The fraction of sp³-hybridized carbons (Fsp3) is 0.211. The van der Waals surface area contributed by atoms with Crippen molar-refractivity contribution in [1.82, 2.24) is 9.78 Å². The maximum Gasteiger partial charge on any atom is 0.416 e. The minimum Gasteiger partial charge on any atom is -0.448 e. The first-order valence-corrected chi connectivity index (χ1v) is 8.27. The number of fused-ring (bicyclic) bond motifs is 1. The molecule has 1 aromatic heterocycles. The normalized spacial score (nSPS) is 12.6. The van der Waals surface area contributed by atoms with Gasteiger partial charge in [0.25, 0.3) is 5.91 Å². The van der Waals surface area contributed by atoms with E-state index in [0.29, 0.717) is 10.9 Å². The quantitative estimate of drug-likeness (QED) is 0.687. The van der Waals surface area contributed by atoms with E-state index in [1.165, 1.54) is 23.7 Å². The van der Waals surface area contributed by atoms with E-state index in [0.717, 1.165) is 12.1 Å². The van der Waals surface area contributed by atoms with Crippen LogP contribution in [0.25, 0.3) is 10.9 Å². The van der Waals surface area contributed by atoms with Crippen LogP contribution in [0, 0.1) is 0 Å². The summed E-state index contributed by atoms with van der Waals surface area (Å²) in [7, 11) is 1.57. The van der Waals surface area contributed by atoms with Crippen molar-refractivity contribution in [1.29, 1.82) is 0 Å². The molecule has 1 N–H and O–H groups in total. The summed E-state index contributed by atoms with van der Waals surface area (Å²) in [5.74, 6) is -1.51. The molecule has 0 bridgehead atoms. The zero-order chi connectivity index (χ0) is 20.5. The van der Waals surface area contributed by atoms with Crippen LogP contribution in [-0.4, -0.2) is 27.8 Å². The highest BCUT2D eigenvalue weighted by Crippen LogP contribution is 2.30. The number of hydrogen-bond donors (Lipinski definition) is 1. The Bertz CT molecular complexity index is 1040. The first kappa shape index (κ1) is 19.4. The number of hydrogen-bond acceptors (Lipinski definition) is 4. The number of aryl methyl sites for hydroxylation is 1. The topological polar surface area (TPSA) is 73.2 Å². The maximum absolute atomic E-state index is 12.8. The van der Waals surface area contributed by atoms with Crippen LogP contribution < -0.4 is 5.32 Å². The van der Waals surface area contributed by atoms with Gasteiger partial charge in [-0.1, -0.05) is 24.3 Å². The molecule has 1 heterocycles. The Morgan fingerprint density at radius 2 is 1.86 bits per heavy atom. The van der Waals surface area contributed by atoms with Crippen LogP contribution in [0.4, 0.5) is 18.9 Å². The molecule has 0 saturated heterocycles. The van der Waals surface area contributed by atoms with Crippen molar-refractivity contribution in [3.05, 3.63) is 59.8 Å². The number of nitrogens with zero attached hydrogens (tertiary/aromatic N) is 2. The van der Waals surface area contributed by atoms with Crippen LogP contribution >= 0.6 is 0 Å². The van der Waals surface area contributed by atoms with Crippen LogP contribution in [-0.2, 0) is 22.8 Å². The van der Waals surface area contributed by atoms with Crippen LogP contribution in [0.1, 0.15) is 23.0 Å². The van der Waals surface area contributed by atoms with Gasteiger partial charge in [-0.25, -0.2) is 4.79 Å². The third-order valence-corrected chi connectivity index (χ3v) is 4.04. The molecule has 146 valence electrons. The van der Waals surface area contributed by atoms with Gasteiger partial charge in [0, 0.05) is 18.1 Å². The fourth-order valence-electron chi connectivity index (χ4n) is 2.68. The summed E-state index contributed by atoms with van der Waals surface area (Å²) in [4.78, 5) is 24.7. The molecule has 3 rings (SSSR count). The molecule has 0 aliphatic heterocycles. The molecule has 2 aromatic carbocycles. The number of carbonyl (C=O) groups is 2. The monoisotopic (exact) mass is 391 g/mol. The summed E-state index contributed by atoms with van der Waals surface area (Å²) < 4.78 is 44.8. The number of rotatable bonds is 4. The number of benzene rings is 2. The number of alkyl halides is 3. The van der Waals surface area contributed by atoms with E-state index in [4.69, 9.17) is 4.74 Å². The first-order chi connectivity index (χ1) is 13.2. The largest absolute Gasteiger partial charge is 0.448 e. The van der Waals surface area contributed by atoms with Crippen molar-refractivity contribution in [2.24, 2.45) is 7.05 Å². The van der Waals surface area contributed by atoms with Gasteiger partial charge >= 0.3 is 12.1 Å². The van der Waals surface area contributed by atoms with Gasteiger partial charge in [0.05, 0.1) is 11.1 Å². The van der Waals surface area contributed by atoms with Crippen molar-refractivity contribution in [2.75, 3.05) is 5.32 Å². The summed E-state index contributed by atoms with van der Waals surface area (Å²) in [6, 6.07) is 11.1. The third kappa shape index (κ3) is 3.98. The molecule has 1 atom stereocenters. The van der Waals surface area contributed by atoms with Crippen molar-refractivity contribution in [3.8, 4) is 0 Å². The lowest BCUT2D eigenvalue weighted by Gasteiger charge is -2.14. The second kappa shape index (κ2) is 7.34. The molecule has 0 aliphatic carbocycles. The Hall–Kier alpha value is -3.36. The predicted octanol–water partition coefficient (Wildman–Crippen LogP) is 3.78. The second-order valence-electron chi connectivity index (χ2n) is 6.10. The minimum atomic E-state index is -4.53. The molecule has 0 radical (unpaired) electrons. The van der Waals surface area contributed by atoms with Crippen LogP contribution in [0.15, 0.2) is 48.5 Å². The highest BCUT2D eigenvalue weighted by molar-refractivity contribution is 6.03. The number of nitrogens with one attached hydrogen (secondary N) is 1. The molecular formula is C19H16F3N3O3. The van der Waals surface area contributed by atoms with Crippen molar-refractivity contribution < 1.29 is 27.5 Å². The van der Waals surface area contributed by atoms with Crippen molar-refractivity contribution >= 4 is 28.5 Å². The summed E-state index contributed by atoms with van der Waals surface area (Å²) in [6.07, 6.45) is -5.75. The number of esters is 1. The van der Waals surface area contributed by atoms with E-state index >= 15 is 0 Å². The molecule has 0 aliphatic rings. The van der Waals surface area contributed by atoms with E-state index in [9.17, 15) is 22.8 Å². The van der Waals surface area contributed by atoms with Crippen molar-refractivity contribution in [2.45, 2.75) is 19.2 Å². The summed E-state index contributed by atoms with van der Waals surface area (Å²) in [6.45, 7) is 1.33. The third-order valence-electron chi connectivity index (χ3n) is 4.04. The fourth-order valence-corrected chi connectivity index (χ4v) is 2.68. The molecule has 28 heavy (non-hydrogen) atoms. The Morgan fingerprint density at radius 3 is 2.57 bits per heavy atom. The van der Waals surface area contributed by atoms with Crippen molar-refractivity contribution in [3.63, 3.8) is 0 Å². The summed E-state index contributed by atoms with van der Waals surface area (Å²) >= 11 is 0. The van der Waals surface area contributed by atoms with E-state index in [1.807, 2.05) is 0 Å². The van der Waals surface area contributed by atoms with Crippen LogP contribution in [0.5, 0.6) is 0 Å². The van der Waals surface area contributed by atoms with Gasteiger partial charge in [0.15, 0.2) is 11.8 Å². The Morgan fingerprint density at radius 1 is 1.14 bits per heavy atom. The highest BCUT2D eigenvalue weighted by atomic mass is 19.4. The maximum atomic E-state index is 12.8. The van der Waals surface area contributed by atoms with Gasteiger partial charge in [0.2, 0.25) is 0 Å². The Labute approximate surface area is 157 Å². The number of anilines is 1. The predicted molar refractivity (Wildman–Crippen MR) is 95.7 cm³/mol. The molecule has 6 nitrogen and oxygen atoms in total. The number of aromatic nitrogens is 2.